The Hall–Kier alpha value is -1.59. The zero-order valence-electron chi connectivity index (χ0n) is 11.9. The highest BCUT2D eigenvalue weighted by Gasteiger charge is 2.08. The van der Waals surface area contributed by atoms with E-state index in [-0.39, 0.29) is 5.91 Å². The average molecular weight is 265 g/mol. The fourth-order valence-electron chi connectivity index (χ4n) is 1.58. The summed E-state index contributed by atoms with van der Waals surface area (Å²) in [5.74, 6) is -0.0823. The number of carbonyl (C=O) groups excluding carboxylic acids is 1. The molecule has 0 heterocycles. The molecule has 2 N–H and O–H groups in total. The highest BCUT2D eigenvalue weighted by atomic mass is 16.5. The molecule has 0 aliphatic carbocycles. The van der Waals surface area contributed by atoms with Crippen LogP contribution in [0.15, 0.2) is 24.3 Å². The molecule has 0 aromatic heterocycles. The van der Waals surface area contributed by atoms with Crippen molar-refractivity contribution in [3.8, 4) is 0 Å². The fourth-order valence-corrected chi connectivity index (χ4v) is 1.58. The van der Waals surface area contributed by atoms with Gasteiger partial charge in [0, 0.05) is 25.8 Å². The summed E-state index contributed by atoms with van der Waals surface area (Å²) in [7, 11) is 5.80. The van der Waals surface area contributed by atoms with Crippen LogP contribution in [0.4, 0.5) is 5.69 Å². The quantitative estimate of drug-likeness (QED) is 0.690. The molecule has 0 aliphatic rings. The first-order chi connectivity index (χ1) is 9.15. The van der Waals surface area contributed by atoms with E-state index in [1.54, 1.807) is 13.1 Å². The van der Waals surface area contributed by atoms with Crippen molar-refractivity contribution < 1.29 is 9.53 Å². The van der Waals surface area contributed by atoms with Gasteiger partial charge in [-0.15, -0.1) is 0 Å². The first kappa shape index (κ1) is 15.5. The predicted octanol–water partition coefficient (Wildman–Crippen LogP) is 1.04. The summed E-state index contributed by atoms with van der Waals surface area (Å²) in [6, 6.07) is 7.42. The van der Waals surface area contributed by atoms with Gasteiger partial charge >= 0.3 is 0 Å². The van der Waals surface area contributed by atoms with Gasteiger partial charge in [-0.1, -0.05) is 12.1 Å². The number of rotatable bonds is 8. The number of carbonyl (C=O) groups is 1. The lowest BCUT2D eigenvalue weighted by molar-refractivity contribution is 0.0901. The van der Waals surface area contributed by atoms with Gasteiger partial charge in [0.25, 0.3) is 5.91 Å². The van der Waals surface area contributed by atoms with Crippen molar-refractivity contribution in [3.05, 3.63) is 29.8 Å². The van der Waals surface area contributed by atoms with Crippen LogP contribution < -0.4 is 10.6 Å². The van der Waals surface area contributed by atoms with E-state index in [9.17, 15) is 4.79 Å². The largest absolute Gasteiger partial charge is 0.387 e. The average Bonchev–Trinajstić information content (AvgIpc) is 2.42. The Morgan fingerprint density at radius 3 is 2.68 bits per heavy atom. The molecule has 1 aromatic carbocycles. The molecule has 0 bridgehead atoms. The zero-order valence-corrected chi connectivity index (χ0v) is 11.9. The molecule has 1 amide bonds. The predicted molar refractivity (Wildman–Crippen MR) is 77.7 cm³/mol. The zero-order chi connectivity index (χ0) is 14.1. The van der Waals surface area contributed by atoms with Crippen molar-refractivity contribution in [1.82, 2.24) is 10.2 Å². The first-order valence-corrected chi connectivity index (χ1v) is 6.42. The topological polar surface area (TPSA) is 53.6 Å². The smallest absolute Gasteiger partial charge is 0.253 e. The van der Waals surface area contributed by atoms with Crippen LogP contribution in [0.2, 0.25) is 0 Å². The van der Waals surface area contributed by atoms with Crippen LogP contribution in [0.5, 0.6) is 0 Å². The molecule has 5 heteroatoms. The number of nitrogens with one attached hydrogen (secondary N) is 2. The standard InChI is InChI=1S/C14H23N3O2/c1-15-13-7-5-4-6-12(13)14(18)16-8-10-19-11-9-17(2)3/h4-7,15H,8-11H2,1-3H3,(H,16,18). The van der Waals surface area contributed by atoms with Gasteiger partial charge < -0.3 is 20.3 Å². The molecule has 5 nitrogen and oxygen atoms in total. The normalized spacial score (nSPS) is 10.5. The van der Waals surface area contributed by atoms with Crippen molar-refractivity contribution in [1.29, 1.82) is 0 Å². The van der Waals surface area contributed by atoms with E-state index in [1.807, 2.05) is 32.3 Å². The van der Waals surface area contributed by atoms with Crippen LogP contribution in [0, 0.1) is 0 Å². The lowest BCUT2D eigenvalue weighted by Crippen LogP contribution is -2.28. The van der Waals surface area contributed by atoms with Crippen molar-refractivity contribution in [2.45, 2.75) is 0 Å². The second-order valence-corrected chi connectivity index (χ2v) is 4.47. The molecule has 0 radical (unpaired) electrons. The highest BCUT2D eigenvalue weighted by molar-refractivity contribution is 5.99. The lowest BCUT2D eigenvalue weighted by atomic mass is 10.1. The third-order valence-electron chi connectivity index (χ3n) is 2.66. The van der Waals surface area contributed by atoms with Gasteiger partial charge in [0.2, 0.25) is 0 Å². The SMILES string of the molecule is CNc1ccccc1C(=O)NCCOCCN(C)C. The summed E-state index contributed by atoms with van der Waals surface area (Å²) >= 11 is 0. The van der Waals surface area contributed by atoms with Crippen molar-refractivity contribution >= 4 is 11.6 Å². The molecule has 0 atom stereocenters. The fraction of sp³-hybridized carbons (Fsp3) is 0.500. The molecular weight excluding hydrogens is 242 g/mol. The molecule has 0 aliphatic heterocycles. The summed E-state index contributed by atoms with van der Waals surface area (Å²) < 4.78 is 5.42. The van der Waals surface area contributed by atoms with E-state index >= 15 is 0 Å². The second kappa shape index (κ2) is 8.50. The third-order valence-corrected chi connectivity index (χ3v) is 2.66. The Morgan fingerprint density at radius 2 is 2.00 bits per heavy atom. The van der Waals surface area contributed by atoms with Gasteiger partial charge in [0.1, 0.15) is 0 Å². The molecule has 0 spiro atoms. The van der Waals surface area contributed by atoms with Crippen LogP contribution in [0.3, 0.4) is 0 Å². The molecule has 0 fully saturated rings. The van der Waals surface area contributed by atoms with Crippen molar-refractivity contribution in [2.75, 3.05) is 52.8 Å². The Bertz CT molecular complexity index is 394. The monoisotopic (exact) mass is 265 g/mol. The first-order valence-electron chi connectivity index (χ1n) is 6.42. The number of likely N-dealkylation sites (N-methyl/N-ethyl adjacent to an activating group) is 1. The van der Waals surface area contributed by atoms with Gasteiger partial charge in [-0.3, -0.25) is 4.79 Å². The maximum Gasteiger partial charge on any atom is 0.253 e. The molecule has 1 aromatic rings. The van der Waals surface area contributed by atoms with E-state index in [2.05, 4.69) is 15.5 Å². The van der Waals surface area contributed by atoms with Crippen molar-refractivity contribution in [3.63, 3.8) is 0 Å². The van der Waals surface area contributed by atoms with Gasteiger partial charge in [-0.2, -0.15) is 0 Å². The highest BCUT2D eigenvalue weighted by Crippen LogP contribution is 2.13. The van der Waals surface area contributed by atoms with Gasteiger partial charge in [0.15, 0.2) is 0 Å². The minimum Gasteiger partial charge on any atom is -0.387 e. The molecule has 0 unspecified atom stereocenters. The van der Waals surface area contributed by atoms with E-state index in [4.69, 9.17) is 4.74 Å². The van der Waals surface area contributed by atoms with E-state index in [1.165, 1.54) is 0 Å². The number of hydrogen-bond acceptors (Lipinski definition) is 4. The minimum absolute atomic E-state index is 0.0823. The molecule has 106 valence electrons. The summed E-state index contributed by atoms with van der Waals surface area (Å²) in [6.45, 7) is 2.61. The number of anilines is 1. The summed E-state index contributed by atoms with van der Waals surface area (Å²) in [5.41, 5.74) is 1.48. The van der Waals surface area contributed by atoms with E-state index < -0.39 is 0 Å². The maximum absolute atomic E-state index is 12.0. The number of nitrogens with zero attached hydrogens (tertiary/aromatic N) is 1. The van der Waals surface area contributed by atoms with Crippen molar-refractivity contribution in [2.24, 2.45) is 0 Å². The van der Waals surface area contributed by atoms with Gasteiger partial charge in [0.05, 0.1) is 18.8 Å². The third kappa shape index (κ3) is 5.72. The Labute approximate surface area is 114 Å². The van der Waals surface area contributed by atoms with Crippen LogP contribution in [0.25, 0.3) is 0 Å². The van der Waals surface area contributed by atoms with E-state index in [0.717, 1.165) is 12.2 Å². The molecular formula is C14H23N3O2. The molecule has 0 saturated carbocycles. The van der Waals surface area contributed by atoms with E-state index in [0.29, 0.717) is 25.3 Å². The van der Waals surface area contributed by atoms with Crippen LogP contribution in [0.1, 0.15) is 10.4 Å². The van der Waals surface area contributed by atoms with Crippen LogP contribution >= 0.6 is 0 Å². The van der Waals surface area contributed by atoms with Crippen LogP contribution in [-0.4, -0.2) is 58.3 Å². The lowest BCUT2D eigenvalue weighted by Gasteiger charge is -2.11. The van der Waals surface area contributed by atoms with Gasteiger partial charge in [-0.25, -0.2) is 0 Å². The molecule has 1 rings (SSSR count). The Morgan fingerprint density at radius 1 is 1.26 bits per heavy atom. The number of benzene rings is 1. The molecule has 0 saturated heterocycles. The summed E-state index contributed by atoms with van der Waals surface area (Å²) in [6.07, 6.45) is 0. The molecule has 19 heavy (non-hydrogen) atoms. The maximum atomic E-state index is 12.0. The number of para-hydroxylation sites is 1. The summed E-state index contributed by atoms with van der Waals surface area (Å²) in [5, 5.41) is 5.85. The Kier molecular flexibility index (Phi) is 6.92. The number of hydrogen-bond donors (Lipinski definition) is 2. The van der Waals surface area contributed by atoms with Gasteiger partial charge in [-0.05, 0) is 26.2 Å². The minimum atomic E-state index is -0.0823. The summed E-state index contributed by atoms with van der Waals surface area (Å²) in [4.78, 5) is 14.0. The number of amides is 1. The van der Waals surface area contributed by atoms with Crippen LogP contribution in [-0.2, 0) is 4.74 Å². The second-order valence-electron chi connectivity index (χ2n) is 4.47. The Balaban J connectivity index is 2.28. The number of ether oxygens (including phenoxy) is 1.